The number of hydrogen-bond acceptors (Lipinski definition) is 3. The minimum Gasteiger partial charge on any atom is -0.459 e. The third-order valence-electron chi connectivity index (χ3n) is 4.99. The molecular formula is C18H26N2O3. The van der Waals surface area contributed by atoms with E-state index in [0.29, 0.717) is 37.1 Å². The number of rotatable bonds is 4. The first-order valence-electron chi connectivity index (χ1n) is 8.60. The number of aryl methyl sites for hydroxylation is 1. The molecule has 2 aliphatic rings. The molecule has 2 amide bonds. The molecule has 1 aromatic heterocycles. The summed E-state index contributed by atoms with van der Waals surface area (Å²) in [7, 11) is 0. The average Bonchev–Trinajstić information content (AvgIpc) is 3.25. The van der Waals surface area contributed by atoms with Gasteiger partial charge in [0.2, 0.25) is 5.91 Å². The van der Waals surface area contributed by atoms with Gasteiger partial charge in [0.25, 0.3) is 5.91 Å². The molecule has 1 atom stereocenters. The van der Waals surface area contributed by atoms with Gasteiger partial charge in [0.15, 0.2) is 5.76 Å². The molecule has 2 heterocycles. The van der Waals surface area contributed by atoms with Crippen molar-refractivity contribution in [2.24, 2.45) is 11.8 Å². The Labute approximate surface area is 137 Å². The van der Waals surface area contributed by atoms with Crippen LogP contribution in [0.3, 0.4) is 0 Å². The van der Waals surface area contributed by atoms with E-state index in [1.807, 2.05) is 11.8 Å². The van der Waals surface area contributed by atoms with Crippen LogP contribution in [0.25, 0.3) is 0 Å². The number of amides is 2. The Hall–Kier alpha value is -1.78. The molecule has 0 unspecified atom stereocenters. The number of furan rings is 1. The SMILES string of the molecule is Cc1ccoc1C(=O)N1CCC(=O)N(CC2CC2)[C@@H](C(C)C)C1. The fourth-order valence-corrected chi connectivity index (χ4v) is 3.28. The fourth-order valence-electron chi connectivity index (χ4n) is 3.28. The van der Waals surface area contributed by atoms with E-state index in [2.05, 4.69) is 13.8 Å². The van der Waals surface area contributed by atoms with Crippen LogP contribution in [-0.4, -0.2) is 47.3 Å². The summed E-state index contributed by atoms with van der Waals surface area (Å²) < 4.78 is 5.35. The lowest BCUT2D eigenvalue weighted by Crippen LogP contribution is -2.48. The van der Waals surface area contributed by atoms with Gasteiger partial charge in [-0.05, 0) is 37.7 Å². The van der Waals surface area contributed by atoms with E-state index in [1.165, 1.54) is 12.8 Å². The maximum absolute atomic E-state index is 12.8. The molecule has 0 bridgehead atoms. The molecule has 0 N–H and O–H groups in total. The van der Waals surface area contributed by atoms with Crippen molar-refractivity contribution < 1.29 is 14.0 Å². The zero-order chi connectivity index (χ0) is 16.6. The maximum Gasteiger partial charge on any atom is 0.289 e. The standard InChI is InChI=1S/C18H26N2O3/c1-12(2)15-11-19(18(22)17-13(3)7-9-23-17)8-6-16(21)20(15)10-14-4-5-14/h7,9,12,14-15H,4-6,8,10-11H2,1-3H3/t15-/m1/s1. The van der Waals surface area contributed by atoms with E-state index in [1.54, 1.807) is 17.2 Å². The van der Waals surface area contributed by atoms with Crippen LogP contribution >= 0.6 is 0 Å². The van der Waals surface area contributed by atoms with Crippen LogP contribution in [0.2, 0.25) is 0 Å². The molecule has 0 aromatic carbocycles. The van der Waals surface area contributed by atoms with Crippen molar-refractivity contribution in [3.8, 4) is 0 Å². The molecule has 0 radical (unpaired) electrons. The second-order valence-corrected chi connectivity index (χ2v) is 7.23. The van der Waals surface area contributed by atoms with Gasteiger partial charge in [-0.1, -0.05) is 13.8 Å². The predicted octanol–water partition coefficient (Wildman–Crippen LogP) is 2.70. The van der Waals surface area contributed by atoms with Crippen molar-refractivity contribution >= 4 is 11.8 Å². The predicted molar refractivity (Wildman–Crippen MR) is 87.0 cm³/mol. The van der Waals surface area contributed by atoms with E-state index >= 15 is 0 Å². The molecule has 5 heteroatoms. The third-order valence-corrected chi connectivity index (χ3v) is 4.99. The second kappa shape index (κ2) is 6.38. The van der Waals surface area contributed by atoms with Crippen molar-refractivity contribution in [2.75, 3.05) is 19.6 Å². The lowest BCUT2D eigenvalue weighted by Gasteiger charge is -2.34. The molecule has 1 saturated heterocycles. The number of carbonyl (C=O) groups excluding carboxylic acids is 2. The Kier molecular flexibility index (Phi) is 4.46. The number of hydrogen-bond donors (Lipinski definition) is 0. The Bertz CT molecular complexity index is 589. The molecule has 23 heavy (non-hydrogen) atoms. The minimum absolute atomic E-state index is 0.0878. The van der Waals surface area contributed by atoms with Crippen LogP contribution in [0.15, 0.2) is 16.7 Å². The Morgan fingerprint density at radius 3 is 2.70 bits per heavy atom. The van der Waals surface area contributed by atoms with E-state index in [4.69, 9.17) is 4.42 Å². The van der Waals surface area contributed by atoms with Crippen molar-refractivity contribution in [1.29, 1.82) is 0 Å². The highest BCUT2D eigenvalue weighted by atomic mass is 16.3. The van der Waals surface area contributed by atoms with Crippen molar-refractivity contribution in [3.63, 3.8) is 0 Å². The Balaban J connectivity index is 1.80. The molecule has 3 rings (SSSR count). The van der Waals surface area contributed by atoms with Crippen molar-refractivity contribution in [3.05, 3.63) is 23.7 Å². The second-order valence-electron chi connectivity index (χ2n) is 7.23. The van der Waals surface area contributed by atoms with Gasteiger partial charge in [-0.25, -0.2) is 0 Å². The molecule has 0 spiro atoms. The highest BCUT2D eigenvalue weighted by Crippen LogP contribution is 2.32. The molecule has 5 nitrogen and oxygen atoms in total. The molecule has 2 fully saturated rings. The van der Waals surface area contributed by atoms with Gasteiger partial charge in [0.1, 0.15) is 0 Å². The van der Waals surface area contributed by atoms with Crippen molar-refractivity contribution in [2.45, 2.75) is 46.1 Å². The topological polar surface area (TPSA) is 53.8 Å². The first-order chi connectivity index (χ1) is 11.0. The summed E-state index contributed by atoms with van der Waals surface area (Å²) in [5.41, 5.74) is 0.849. The van der Waals surface area contributed by atoms with Crippen LogP contribution < -0.4 is 0 Å². The molecule has 1 aromatic rings. The van der Waals surface area contributed by atoms with E-state index in [-0.39, 0.29) is 17.9 Å². The number of carbonyl (C=O) groups is 2. The van der Waals surface area contributed by atoms with Crippen LogP contribution in [0.4, 0.5) is 0 Å². The summed E-state index contributed by atoms with van der Waals surface area (Å²) in [6.07, 6.45) is 4.40. The molecule has 1 saturated carbocycles. The number of nitrogens with zero attached hydrogens (tertiary/aromatic N) is 2. The van der Waals surface area contributed by atoms with Gasteiger partial charge in [-0.3, -0.25) is 9.59 Å². The van der Waals surface area contributed by atoms with Gasteiger partial charge in [-0.15, -0.1) is 0 Å². The normalized spacial score (nSPS) is 22.6. The largest absolute Gasteiger partial charge is 0.459 e. The van der Waals surface area contributed by atoms with Gasteiger partial charge >= 0.3 is 0 Å². The third kappa shape index (κ3) is 3.43. The summed E-state index contributed by atoms with van der Waals surface area (Å²) in [5.74, 6) is 1.47. The smallest absolute Gasteiger partial charge is 0.289 e. The van der Waals surface area contributed by atoms with Gasteiger partial charge in [0, 0.05) is 31.6 Å². The first kappa shape index (κ1) is 16.1. The Morgan fingerprint density at radius 1 is 1.39 bits per heavy atom. The minimum atomic E-state index is -0.0979. The molecule has 1 aliphatic heterocycles. The molecular weight excluding hydrogens is 292 g/mol. The lowest BCUT2D eigenvalue weighted by molar-refractivity contribution is -0.133. The first-order valence-corrected chi connectivity index (χ1v) is 8.60. The lowest BCUT2D eigenvalue weighted by atomic mass is 10.0. The Morgan fingerprint density at radius 2 is 2.13 bits per heavy atom. The quantitative estimate of drug-likeness (QED) is 0.857. The summed E-state index contributed by atoms with van der Waals surface area (Å²) in [5, 5.41) is 0. The summed E-state index contributed by atoms with van der Waals surface area (Å²) in [4.78, 5) is 29.2. The van der Waals surface area contributed by atoms with Crippen LogP contribution in [0, 0.1) is 18.8 Å². The average molecular weight is 318 g/mol. The maximum atomic E-state index is 12.8. The molecule has 126 valence electrons. The van der Waals surface area contributed by atoms with E-state index < -0.39 is 0 Å². The fraction of sp³-hybridized carbons (Fsp3) is 0.667. The van der Waals surface area contributed by atoms with E-state index in [0.717, 1.165) is 12.1 Å². The van der Waals surface area contributed by atoms with Crippen LogP contribution in [0.5, 0.6) is 0 Å². The summed E-state index contributed by atoms with van der Waals surface area (Å²) in [6, 6.07) is 1.89. The zero-order valence-corrected chi connectivity index (χ0v) is 14.2. The highest BCUT2D eigenvalue weighted by molar-refractivity contribution is 5.93. The summed E-state index contributed by atoms with van der Waals surface area (Å²) in [6.45, 7) is 8.05. The van der Waals surface area contributed by atoms with Crippen LogP contribution in [0.1, 0.15) is 49.2 Å². The van der Waals surface area contributed by atoms with Gasteiger partial charge in [-0.2, -0.15) is 0 Å². The highest BCUT2D eigenvalue weighted by Gasteiger charge is 2.37. The summed E-state index contributed by atoms with van der Waals surface area (Å²) >= 11 is 0. The zero-order valence-electron chi connectivity index (χ0n) is 14.2. The van der Waals surface area contributed by atoms with Gasteiger partial charge < -0.3 is 14.2 Å². The van der Waals surface area contributed by atoms with Crippen LogP contribution in [-0.2, 0) is 4.79 Å². The van der Waals surface area contributed by atoms with Gasteiger partial charge in [0.05, 0.1) is 12.3 Å². The monoisotopic (exact) mass is 318 g/mol. The molecule has 1 aliphatic carbocycles. The van der Waals surface area contributed by atoms with Crippen molar-refractivity contribution in [1.82, 2.24) is 9.80 Å². The van der Waals surface area contributed by atoms with E-state index in [9.17, 15) is 9.59 Å².